The van der Waals surface area contributed by atoms with E-state index in [2.05, 4.69) is 84.2 Å². The lowest BCUT2D eigenvalue weighted by Gasteiger charge is -2.35. The first-order chi connectivity index (χ1) is 36.6. The number of aliphatic hydroxyl groups excluding tert-OH is 1. The van der Waals surface area contributed by atoms with Crippen LogP contribution in [0.25, 0.3) is 0 Å². The molecule has 3 aromatic heterocycles. The van der Waals surface area contributed by atoms with Gasteiger partial charge in [-0.05, 0) is 198 Å². The second-order valence-corrected chi connectivity index (χ2v) is 28.6. The van der Waals surface area contributed by atoms with Gasteiger partial charge in [-0.1, -0.05) is 111 Å². The van der Waals surface area contributed by atoms with Gasteiger partial charge in [-0.3, -0.25) is 9.17 Å². The molecule has 5 aliphatic carbocycles. The molecule has 4 aromatic rings. The summed E-state index contributed by atoms with van der Waals surface area (Å²) in [7, 11) is -3.63. The molecule has 14 heteroatoms. The first kappa shape index (κ1) is 64.5. The van der Waals surface area contributed by atoms with E-state index in [1.807, 2.05) is 37.3 Å². The van der Waals surface area contributed by atoms with Crippen LogP contribution < -0.4 is 19.9 Å². The molecule has 78 heavy (non-hydrogen) atoms. The largest absolute Gasteiger partial charge is 0.489 e. The number of aromatic nitrogens is 3. The standard InChI is InChI=1S/C15H22O3S.C14H22N2O.C14H18N2O.C13H18ClNO.C8H16O/c1-12-6-8-14(9-7-12)19(16,17)18-13-5-4-10-15(2,3)11-13;2*1-14(2)7-3-4-12(8-14)17-13-6-5-11(9-15)16-10-13;1-13(2)7-3-4-10(8-13)16-11-5-6-12(14)15-9-11;1-8(2)5-3-4-7(9)6-8/h6-9,13H,4-5,10-11H2,1-3H3;5-6,10,12H,3-4,7-9,15H2,1-2H3;5-6,10,12H,3-4,7-8H2,1-2H3;5-6,9-10H,3-4,7-8H2,1-2H3;7,9H,3-6H2,1-2H3. The zero-order valence-corrected chi connectivity index (χ0v) is 50.9. The molecule has 0 amide bonds. The van der Waals surface area contributed by atoms with E-state index in [1.165, 1.54) is 51.4 Å². The number of ether oxygens (including phenoxy) is 3. The van der Waals surface area contributed by atoms with Gasteiger partial charge in [-0.15, -0.1) is 0 Å². The Kier molecular flexibility index (Phi) is 24.3. The molecule has 3 N–H and O–H groups in total. The summed E-state index contributed by atoms with van der Waals surface area (Å²) in [4.78, 5) is 12.5. The van der Waals surface area contributed by atoms with E-state index >= 15 is 0 Å². The predicted molar refractivity (Wildman–Crippen MR) is 314 cm³/mol. The van der Waals surface area contributed by atoms with Crippen molar-refractivity contribution in [1.82, 2.24) is 15.0 Å². The number of halogens is 1. The molecular weight excluding hydrogens is 1020 g/mol. The summed E-state index contributed by atoms with van der Waals surface area (Å²) in [5.74, 6) is 2.46. The van der Waals surface area contributed by atoms with Crippen LogP contribution >= 0.6 is 11.6 Å². The van der Waals surface area contributed by atoms with Crippen LogP contribution in [0.3, 0.4) is 0 Å². The molecule has 0 aliphatic heterocycles. The van der Waals surface area contributed by atoms with Gasteiger partial charge in [0.2, 0.25) is 0 Å². The molecule has 432 valence electrons. The maximum atomic E-state index is 12.2. The Labute approximate surface area is 475 Å². The van der Waals surface area contributed by atoms with E-state index in [0.29, 0.717) is 51.3 Å². The van der Waals surface area contributed by atoms with Gasteiger partial charge in [0.1, 0.15) is 34.2 Å². The van der Waals surface area contributed by atoms with E-state index in [0.717, 1.165) is 106 Å². The Bertz CT molecular complexity index is 2550. The molecule has 5 saturated carbocycles. The van der Waals surface area contributed by atoms with Crippen molar-refractivity contribution >= 4 is 21.7 Å². The minimum atomic E-state index is -3.63. The van der Waals surface area contributed by atoms with Crippen LogP contribution in [0.2, 0.25) is 5.15 Å². The molecule has 5 atom stereocenters. The first-order valence-electron chi connectivity index (χ1n) is 28.9. The van der Waals surface area contributed by atoms with Gasteiger partial charge in [-0.25, -0.2) is 9.97 Å². The molecule has 0 radical (unpaired) electrons. The Morgan fingerprint density at radius 2 is 0.962 bits per heavy atom. The van der Waals surface area contributed by atoms with Crippen molar-refractivity contribution in [2.75, 3.05) is 0 Å². The quantitative estimate of drug-likeness (QED) is 0.114. The number of benzene rings is 1. The van der Waals surface area contributed by atoms with Crippen molar-refractivity contribution in [3.63, 3.8) is 0 Å². The Morgan fingerprint density at radius 3 is 1.31 bits per heavy atom. The van der Waals surface area contributed by atoms with Gasteiger partial charge in [0.15, 0.2) is 0 Å². The lowest BCUT2D eigenvalue weighted by atomic mass is 9.76. The Morgan fingerprint density at radius 1 is 0.564 bits per heavy atom. The number of hydrogen-bond acceptors (Lipinski definition) is 12. The summed E-state index contributed by atoms with van der Waals surface area (Å²) < 4.78 is 47.6. The fraction of sp³-hybridized carbons (Fsp3) is 0.656. The van der Waals surface area contributed by atoms with Crippen molar-refractivity contribution in [3.8, 4) is 23.3 Å². The number of nitriles is 1. The van der Waals surface area contributed by atoms with E-state index in [9.17, 15) is 13.5 Å². The van der Waals surface area contributed by atoms with Crippen LogP contribution in [0.1, 0.15) is 215 Å². The fourth-order valence-corrected chi connectivity index (χ4v) is 12.8. The van der Waals surface area contributed by atoms with Crippen molar-refractivity contribution in [3.05, 3.63) is 101 Å². The fourth-order valence-electron chi connectivity index (χ4n) is 11.6. The number of aryl methyl sites for hydroxylation is 1. The third-order valence-electron chi connectivity index (χ3n) is 15.9. The number of aliphatic hydroxyl groups is 1. The summed E-state index contributed by atoms with van der Waals surface area (Å²) in [5.41, 5.74) is 9.66. The molecule has 0 bridgehead atoms. The zero-order chi connectivity index (χ0) is 57.2. The SMILES string of the molecule is CC1(C)CCCC(O)C1.CC1(C)CCCC(Oc2ccc(C#N)nc2)C1.CC1(C)CCCC(Oc2ccc(CN)nc2)C1.CC1(C)CCCC(Oc2ccc(Cl)nc2)C1.Cc1ccc(S(=O)(=O)OC2CCCC(C)(C)C2)cc1. The van der Waals surface area contributed by atoms with Crippen molar-refractivity contribution in [2.45, 2.75) is 247 Å². The summed E-state index contributed by atoms with van der Waals surface area (Å²) in [6.07, 6.45) is 28.5. The normalized spacial score (nSPS) is 24.6. The minimum absolute atomic E-state index is 0.0197. The third kappa shape index (κ3) is 23.8. The molecule has 0 saturated heterocycles. The van der Waals surface area contributed by atoms with Crippen LogP contribution in [-0.2, 0) is 20.8 Å². The van der Waals surface area contributed by atoms with Crippen LogP contribution in [0.4, 0.5) is 0 Å². The highest BCUT2D eigenvalue weighted by molar-refractivity contribution is 7.86. The summed E-state index contributed by atoms with van der Waals surface area (Å²) in [6, 6.07) is 19.9. The summed E-state index contributed by atoms with van der Waals surface area (Å²) in [5, 5.41) is 18.4. The third-order valence-corrected chi connectivity index (χ3v) is 17.5. The van der Waals surface area contributed by atoms with Crippen LogP contribution in [0.15, 0.2) is 84.1 Å². The van der Waals surface area contributed by atoms with Gasteiger partial charge >= 0.3 is 0 Å². The Balaban J connectivity index is 0.000000182. The van der Waals surface area contributed by atoms with E-state index < -0.39 is 10.1 Å². The van der Waals surface area contributed by atoms with Gasteiger partial charge in [0.25, 0.3) is 10.1 Å². The predicted octanol–water partition coefficient (Wildman–Crippen LogP) is 15.9. The highest BCUT2D eigenvalue weighted by Gasteiger charge is 2.34. The van der Waals surface area contributed by atoms with Gasteiger partial charge < -0.3 is 25.1 Å². The number of nitrogens with zero attached hydrogens (tertiary/aromatic N) is 4. The molecule has 5 fully saturated rings. The van der Waals surface area contributed by atoms with Crippen LogP contribution in [0.5, 0.6) is 17.2 Å². The minimum Gasteiger partial charge on any atom is -0.489 e. The van der Waals surface area contributed by atoms with E-state index in [1.54, 1.807) is 55.0 Å². The van der Waals surface area contributed by atoms with Gasteiger partial charge in [-0.2, -0.15) is 13.7 Å². The highest BCUT2D eigenvalue weighted by atomic mass is 35.5. The lowest BCUT2D eigenvalue weighted by Crippen LogP contribution is -2.30. The van der Waals surface area contributed by atoms with Crippen LogP contribution in [0, 0.1) is 45.3 Å². The molecular formula is C64H96ClN5O7S. The van der Waals surface area contributed by atoms with Gasteiger partial charge in [0.05, 0.1) is 59.7 Å². The van der Waals surface area contributed by atoms with E-state index in [-0.39, 0.29) is 28.6 Å². The van der Waals surface area contributed by atoms with E-state index in [4.69, 9.17) is 41.0 Å². The number of nitrogens with two attached hydrogens (primary N) is 1. The number of hydrogen-bond donors (Lipinski definition) is 2. The zero-order valence-electron chi connectivity index (χ0n) is 49.3. The first-order valence-corrected chi connectivity index (χ1v) is 30.7. The number of rotatable bonds is 10. The molecule has 9 rings (SSSR count). The van der Waals surface area contributed by atoms with Crippen molar-refractivity contribution in [2.24, 2.45) is 32.8 Å². The molecule has 3 heterocycles. The second kappa shape index (κ2) is 29.4. The maximum Gasteiger partial charge on any atom is 0.297 e. The Hall–Kier alpha value is -4.32. The molecule has 1 aromatic carbocycles. The average molecular weight is 1120 g/mol. The molecule has 0 spiro atoms. The van der Waals surface area contributed by atoms with Crippen LogP contribution in [-0.4, -0.2) is 59.0 Å². The number of pyridine rings is 3. The summed E-state index contributed by atoms with van der Waals surface area (Å²) >= 11 is 5.73. The molecule has 5 aliphatic rings. The topological polar surface area (TPSA) is 180 Å². The highest BCUT2D eigenvalue weighted by Crippen LogP contribution is 2.41. The molecule has 5 unspecified atom stereocenters. The lowest BCUT2D eigenvalue weighted by molar-refractivity contribution is 0.0663. The smallest absolute Gasteiger partial charge is 0.297 e. The second-order valence-electron chi connectivity index (χ2n) is 26.7. The molecule has 12 nitrogen and oxygen atoms in total. The van der Waals surface area contributed by atoms with Crippen molar-refractivity contribution < 1.29 is 31.9 Å². The average Bonchev–Trinajstić information content (AvgIpc) is 3.35. The summed E-state index contributed by atoms with van der Waals surface area (Å²) in [6.45, 7) is 25.0. The van der Waals surface area contributed by atoms with Crippen molar-refractivity contribution in [1.29, 1.82) is 5.26 Å². The monoisotopic (exact) mass is 1110 g/mol. The maximum absolute atomic E-state index is 12.2. The van der Waals surface area contributed by atoms with Gasteiger partial charge in [0, 0.05) is 6.54 Å².